The molecule has 3 N–H and O–H groups in total. The summed E-state index contributed by atoms with van der Waals surface area (Å²) in [5.41, 5.74) is 6.49. The number of nitrogens with two attached hydrogens (primary N) is 1. The van der Waals surface area contributed by atoms with Gasteiger partial charge in [-0.05, 0) is 18.6 Å². The van der Waals surface area contributed by atoms with Crippen LogP contribution in [0.3, 0.4) is 0 Å². The lowest BCUT2D eigenvalue weighted by molar-refractivity contribution is -0.124. The summed E-state index contributed by atoms with van der Waals surface area (Å²) in [6.45, 7) is 5.12. The first-order valence-corrected chi connectivity index (χ1v) is 5.81. The van der Waals surface area contributed by atoms with Gasteiger partial charge in [-0.1, -0.05) is 25.1 Å². The molecule has 0 aliphatic heterocycles. The maximum absolute atomic E-state index is 11.4. The molecule has 102 valence electrons. The highest BCUT2D eigenvalue weighted by molar-refractivity contribution is 5.85. The van der Waals surface area contributed by atoms with Crippen LogP contribution in [0.4, 0.5) is 0 Å². The smallest absolute Gasteiger partial charge is 0.224 e. The second-order valence-electron chi connectivity index (χ2n) is 4.04. The lowest BCUT2D eigenvalue weighted by atomic mass is 10.2. The molecule has 1 atom stereocenters. The van der Waals surface area contributed by atoms with Crippen molar-refractivity contribution >= 4 is 18.3 Å². The molecular weight excluding hydrogens is 252 g/mol. The third-order valence-corrected chi connectivity index (χ3v) is 2.55. The molecule has 0 spiro atoms. The molecule has 0 fully saturated rings. The molecule has 5 heteroatoms. The van der Waals surface area contributed by atoms with Crippen molar-refractivity contribution in [2.24, 2.45) is 11.7 Å². The average Bonchev–Trinajstić information content (AvgIpc) is 2.35. The van der Waals surface area contributed by atoms with E-state index < -0.39 is 0 Å². The van der Waals surface area contributed by atoms with E-state index in [9.17, 15) is 4.79 Å². The normalized spacial score (nSPS) is 11.3. The molecule has 0 aromatic heterocycles. The summed E-state index contributed by atoms with van der Waals surface area (Å²) >= 11 is 0. The lowest BCUT2D eigenvalue weighted by Crippen LogP contribution is -2.35. The number of hydrogen-bond acceptors (Lipinski definition) is 3. The van der Waals surface area contributed by atoms with Crippen molar-refractivity contribution in [2.75, 3.05) is 19.7 Å². The number of carbonyl (C=O) groups is 1. The average molecular weight is 273 g/mol. The molecule has 18 heavy (non-hydrogen) atoms. The highest BCUT2D eigenvalue weighted by atomic mass is 35.5. The van der Waals surface area contributed by atoms with Gasteiger partial charge >= 0.3 is 0 Å². The Bertz CT molecular complexity index is 372. The second-order valence-corrected chi connectivity index (χ2v) is 4.04. The van der Waals surface area contributed by atoms with Gasteiger partial charge in [0.05, 0.1) is 6.54 Å². The molecule has 0 heterocycles. The number of amides is 1. The van der Waals surface area contributed by atoms with Gasteiger partial charge in [0.15, 0.2) is 0 Å². The number of hydrogen-bond donors (Lipinski definition) is 2. The van der Waals surface area contributed by atoms with Crippen LogP contribution in [-0.2, 0) is 4.79 Å². The predicted molar refractivity (Wildman–Crippen MR) is 75.2 cm³/mol. The zero-order valence-corrected chi connectivity index (χ0v) is 11.6. The van der Waals surface area contributed by atoms with Crippen molar-refractivity contribution in [2.45, 2.75) is 13.8 Å². The van der Waals surface area contributed by atoms with Gasteiger partial charge in [-0.3, -0.25) is 4.79 Å². The van der Waals surface area contributed by atoms with Gasteiger partial charge in [0, 0.05) is 12.5 Å². The summed E-state index contributed by atoms with van der Waals surface area (Å²) in [4.78, 5) is 11.4. The summed E-state index contributed by atoms with van der Waals surface area (Å²) in [6, 6.07) is 7.80. The second kappa shape index (κ2) is 8.78. The summed E-state index contributed by atoms with van der Waals surface area (Å²) < 4.78 is 5.55. The van der Waals surface area contributed by atoms with Crippen LogP contribution in [-0.4, -0.2) is 25.6 Å². The van der Waals surface area contributed by atoms with E-state index >= 15 is 0 Å². The minimum absolute atomic E-state index is 0. The molecule has 1 rings (SSSR count). The maximum Gasteiger partial charge on any atom is 0.224 e. The Hall–Kier alpha value is -1.26. The topological polar surface area (TPSA) is 64.3 Å². The molecule has 1 aromatic rings. The molecule has 0 aliphatic rings. The van der Waals surface area contributed by atoms with E-state index in [-0.39, 0.29) is 24.2 Å². The fourth-order valence-corrected chi connectivity index (χ4v) is 1.33. The van der Waals surface area contributed by atoms with Gasteiger partial charge in [-0.25, -0.2) is 0 Å². The van der Waals surface area contributed by atoms with Crippen molar-refractivity contribution in [3.8, 4) is 5.75 Å². The molecule has 0 radical (unpaired) electrons. The van der Waals surface area contributed by atoms with Gasteiger partial charge in [-0.15, -0.1) is 12.4 Å². The molecule has 4 nitrogen and oxygen atoms in total. The van der Waals surface area contributed by atoms with E-state index in [0.717, 1.165) is 11.3 Å². The third kappa shape index (κ3) is 5.38. The van der Waals surface area contributed by atoms with Crippen LogP contribution in [0.2, 0.25) is 0 Å². The Morgan fingerprint density at radius 2 is 2.11 bits per heavy atom. The van der Waals surface area contributed by atoms with Crippen molar-refractivity contribution in [3.63, 3.8) is 0 Å². The van der Waals surface area contributed by atoms with E-state index in [2.05, 4.69) is 5.32 Å². The van der Waals surface area contributed by atoms with Gasteiger partial charge in [-0.2, -0.15) is 0 Å². The van der Waals surface area contributed by atoms with Crippen LogP contribution in [0.25, 0.3) is 0 Å². The quantitative estimate of drug-likeness (QED) is 0.772. The Kier molecular flexibility index (Phi) is 8.16. The standard InChI is InChI=1S/C13H20N2O2.ClH/c1-10-5-3-4-6-12(10)17-8-7-15-13(16)11(2)9-14;/h3-6,11H,7-9,14H2,1-2H3,(H,15,16);1H. The van der Waals surface area contributed by atoms with Crippen LogP contribution >= 0.6 is 12.4 Å². The van der Waals surface area contributed by atoms with Gasteiger partial charge in [0.2, 0.25) is 5.91 Å². The molecule has 1 unspecified atom stereocenters. The highest BCUT2D eigenvalue weighted by Gasteiger charge is 2.09. The molecule has 0 bridgehead atoms. The largest absolute Gasteiger partial charge is 0.491 e. The minimum atomic E-state index is -0.145. The first-order chi connectivity index (χ1) is 8.15. The fraction of sp³-hybridized carbons (Fsp3) is 0.462. The van der Waals surface area contributed by atoms with E-state index in [1.165, 1.54) is 0 Å². The summed E-state index contributed by atoms with van der Waals surface area (Å²) in [5.74, 6) is 0.683. The molecule has 1 amide bonds. The summed E-state index contributed by atoms with van der Waals surface area (Å²) in [7, 11) is 0. The van der Waals surface area contributed by atoms with E-state index in [0.29, 0.717) is 19.7 Å². The number of halogens is 1. The Morgan fingerprint density at radius 3 is 2.72 bits per heavy atom. The first-order valence-electron chi connectivity index (χ1n) is 5.81. The summed E-state index contributed by atoms with van der Waals surface area (Å²) in [5, 5.41) is 2.78. The molecule has 0 aliphatic carbocycles. The van der Waals surface area contributed by atoms with Gasteiger partial charge in [0.1, 0.15) is 12.4 Å². The van der Waals surface area contributed by atoms with Gasteiger partial charge < -0.3 is 15.8 Å². The lowest BCUT2D eigenvalue weighted by Gasteiger charge is -2.11. The molecule has 1 aromatic carbocycles. The van der Waals surface area contributed by atoms with E-state index in [1.54, 1.807) is 6.92 Å². The Labute approximate surface area is 114 Å². The van der Waals surface area contributed by atoms with Crippen LogP contribution in [0, 0.1) is 12.8 Å². The van der Waals surface area contributed by atoms with Crippen LogP contribution in [0.5, 0.6) is 5.75 Å². The number of para-hydroxylation sites is 1. The Morgan fingerprint density at radius 1 is 1.44 bits per heavy atom. The zero-order chi connectivity index (χ0) is 12.7. The van der Waals surface area contributed by atoms with E-state index in [1.807, 2.05) is 31.2 Å². The van der Waals surface area contributed by atoms with Gasteiger partial charge in [0.25, 0.3) is 0 Å². The van der Waals surface area contributed by atoms with E-state index in [4.69, 9.17) is 10.5 Å². The van der Waals surface area contributed by atoms with Crippen molar-refractivity contribution in [1.29, 1.82) is 0 Å². The van der Waals surface area contributed by atoms with Crippen molar-refractivity contribution in [3.05, 3.63) is 29.8 Å². The first kappa shape index (κ1) is 16.7. The number of nitrogens with one attached hydrogen (secondary N) is 1. The maximum atomic E-state index is 11.4. The zero-order valence-electron chi connectivity index (χ0n) is 10.8. The van der Waals surface area contributed by atoms with Crippen LogP contribution < -0.4 is 15.8 Å². The molecule has 0 saturated heterocycles. The SMILES string of the molecule is Cc1ccccc1OCCNC(=O)C(C)CN.Cl. The van der Waals surface area contributed by atoms with Crippen molar-refractivity contribution < 1.29 is 9.53 Å². The number of ether oxygens (including phenoxy) is 1. The Balaban J connectivity index is 0.00000289. The van der Waals surface area contributed by atoms with Crippen LogP contribution in [0.1, 0.15) is 12.5 Å². The minimum Gasteiger partial charge on any atom is -0.491 e. The highest BCUT2D eigenvalue weighted by Crippen LogP contribution is 2.15. The molecular formula is C13H21ClN2O2. The number of carbonyl (C=O) groups excluding carboxylic acids is 1. The fourth-order valence-electron chi connectivity index (χ4n) is 1.33. The van der Waals surface area contributed by atoms with Crippen LogP contribution in [0.15, 0.2) is 24.3 Å². The molecule has 0 saturated carbocycles. The predicted octanol–water partition coefficient (Wildman–Crippen LogP) is 1.51. The number of rotatable bonds is 6. The number of benzene rings is 1. The number of aryl methyl sites for hydroxylation is 1. The summed E-state index contributed by atoms with van der Waals surface area (Å²) in [6.07, 6.45) is 0. The third-order valence-electron chi connectivity index (χ3n) is 2.55. The van der Waals surface area contributed by atoms with Crippen molar-refractivity contribution in [1.82, 2.24) is 5.32 Å². The monoisotopic (exact) mass is 272 g/mol.